The van der Waals surface area contributed by atoms with Crippen LogP contribution in [-0.4, -0.2) is 42.9 Å². The molecule has 0 fully saturated rings. The third kappa shape index (κ3) is 3.05. The number of hydrogen-bond donors (Lipinski definition) is 1. The van der Waals surface area contributed by atoms with Gasteiger partial charge in [0.2, 0.25) is 5.88 Å². The van der Waals surface area contributed by atoms with E-state index in [0.717, 1.165) is 24.2 Å². The Morgan fingerprint density at radius 2 is 2.17 bits per heavy atom. The zero-order valence-electron chi connectivity index (χ0n) is 10.8. The van der Waals surface area contributed by atoms with E-state index in [0.29, 0.717) is 19.1 Å². The lowest BCUT2D eigenvalue weighted by molar-refractivity contribution is 0.143. The summed E-state index contributed by atoms with van der Waals surface area (Å²) in [7, 11) is 1.65. The molecule has 0 amide bonds. The summed E-state index contributed by atoms with van der Waals surface area (Å²) in [5, 5.41) is 3.41. The second-order valence-electron chi connectivity index (χ2n) is 4.18. The van der Waals surface area contributed by atoms with Crippen LogP contribution in [-0.2, 0) is 4.74 Å². The molecule has 1 aliphatic rings. The van der Waals surface area contributed by atoms with Gasteiger partial charge in [-0.05, 0) is 25.5 Å². The first-order valence-electron chi connectivity index (χ1n) is 6.19. The van der Waals surface area contributed by atoms with Crippen molar-refractivity contribution < 1.29 is 9.47 Å². The zero-order chi connectivity index (χ0) is 12.8. The molecule has 18 heavy (non-hydrogen) atoms. The summed E-state index contributed by atoms with van der Waals surface area (Å²) in [6, 6.07) is 0.278. The highest BCUT2D eigenvalue weighted by Crippen LogP contribution is 2.26. The Morgan fingerprint density at radius 1 is 1.33 bits per heavy atom. The Kier molecular flexibility index (Phi) is 4.66. The van der Waals surface area contributed by atoms with Gasteiger partial charge in [-0.25, -0.2) is 9.97 Å². The lowest BCUT2D eigenvalue weighted by Crippen LogP contribution is -2.31. The minimum Gasteiger partial charge on any atom is -0.474 e. The molecule has 0 saturated heterocycles. The molecule has 2 heterocycles. The number of aromatic nitrogens is 2. The topological polar surface area (TPSA) is 56.3 Å². The van der Waals surface area contributed by atoms with Crippen LogP contribution >= 0.6 is 0 Å². The molecule has 0 bridgehead atoms. The van der Waals surface area contributed by atoms with Crippen molar-refractivity contribution in [1.82, 2.24) is 15.3 Å². The van der Waals surface area contributed by atoms with Gasteiger partial charge in [0.15, 0.2) is 0 Å². The minimum atomic E-state index is 0.278. The average molecular weight is 249 g/mol. The van der Waals surface area contributed by atoms with Gasteiger partial charge in [-0.3, -0.25) is 0 Å². The molecule has 0 saturated carbocycles. The summed E-state index contributed by atoms with van der Waals surface area (Å²) in [5.74, 6) is 0.580. The van der Waals surface area contributed by atoms with Gasteiger partial charge < -0.3 is 14.8 Å². The lowest BCUT2D eigenvalue weighted by Gasteiger charge is -2.22. The summed E-state index contributed by atoms with van der Waals surface area (Å²) in [5.41, 5.74) is 1.98. The summed E-state index contributed by atoms with van der Waals surface area (Å²) in [6.45, 7) is 4.16. The van der Waals surface area contributed by atoms with Crippen molar-refractivity contribution in [2.45, 2.75) is 19.4 Å². The largest absolute Gasteiger partial charge is 0.474 e. The van der Waals surface area contributed by atoms with Gasteiger partial charge in [-0.15, -0.1) is 0 Å². The van der Waals surface area contributed by atoms with Crippen molar-refractivity contribution in [2.24, 2.45) is 0 Å². The Balaban J connectivity index is 2.18. The van der Waals surface area contributed by atoms with E-state index in [-0.39, 0.29) is 6.04 Å². The quantitative estimate of drug-likeness (QED) is 0.796. The first kappa shape index (κ1) is 13.0. The highest BCUT2D eigenvalue weighted by atomic mass is 16.5. The molecule has 98 valence electrons. The molecule has 1 atom stereocenters. The molecule has 0 spiro atoms. The lowest BCUT2D eigenvalue weighted by atomic mass is 10.0. The number of rotatable bonds is 5. The first-order chi connectivity index (χ1) is 8.83. The maximum absolute atomic E-state index is 5.61. The van der Waals surface area contributed by atoms with Crippen molar-refractivity contribution >= 4 is 5.57 Å². The number of methoxy groups -OCH3 is 1. The fourth-order valence-electron chi connectivity index (χ4n) is 1.97. The van der Waals surface area contributed by atoms with Crippen LogP contribution in [0.15, 0.2) is 18.5 Å². The fraction of sp³-hybridized carbons (Fsp3) is 0.538. The van der Waals surface area contributed by atoms with E-state index in [1.54, 1.807) is 19.5 Å². The molecular formula is C13H19N3O2. The third-order valence-corrected chi connectivity index (χ3v) is 2.89. The van der Waals surface area contributed by atoms with Gasteiger partial charge in [0, 0.05) is 25.5 Å². The van der Waals surface area contributed by atoms with E-state index in [1.165, 1.54) is 0 Å². The molecule has 1 aromatic heterocycles. The van der Waals surface area contributed by atoms with E-state index in [1.807, 2.05) is 0 Å². The van der Waals surface area contributed by atoms with Gasteiger partial charge >= 0.3 is 0 Å². The van der Waals surface area contributed by atoms with Crippen molar-refractivity contribution in [3.05, 3.63) is 24.2 Å². The fourth-order valence-corrected chi connectivity index (χ4v) is 1.97. The molecular weight excluding hydrogens is 230 g/mol. The van der Waals surface area contributed by atoms with E-state index in [2.05, 4.69) is 28.3 Å². The Bertz CT molecular complexity index is 420. The molecule has 1 unspecified atom stereocenters. The highest BCUT2D eigenvalue weighted by Gasteiger charge is 2.19. The molecule has 2 rings (SSSR count). The summed E-state index contributed by atoms with van der Waals surface area (Å²) in [4.78, 5) is 8.65. The molecule has 1 aliphatic heterocycles. The van der Waals surface area contributed by atoms with Crippen LogP contribution in [0.2, 0.25) is 0 Å². The summed E-state index contributed by atoms with van der Waals surface area (Å²) < 4.78 is 10.6. The molecule has 0 aliphatic carbocycles. The van der Waals surface area contributed by atoms with Crippen LogP contribution in [0.25, 0.3) is 5.57 Å². The van der Waals surface area contributed by atoms with Gasteiger partial charge in [0.05, 0.1) is 6.61 Å². The second-order valence-corrected chi connectivity index (χ2v) is 4.18. The van der Waals surface area contributed by atoms with Crippen molar-refractivity contribution in [1.29, 1.82) is 0 Å². The van der Waals surface area contributed by atoms with Crippen LogP contribution in [0.3, 0.4) is 0 Å². The minimum absolute atomic E-state index is 0.278. The SMILES string of the molecule is COCCOc1nccnc1C1=CCCNC1C. The molecule has 5 nitrogen and oxygen atoms in total. The Morgan fingerprint density at radius 3 is 2.94 bits per heavy atom. The zero-order valence-corrected chi connectivity index (χ0v) is 10.8. The van der Waals surface area contributed by atoms with Crippen molar-refractivity contribution in [2.75, 3.05) is 26.9 Å². The second kappa shape index (κ2) is 6.47. The normalized spacial score (nSPS) is 19.4. The Labute approximate surface area is 107 Å². The highest BCUT2D eigenvalue weighted by molar-refractivity contribution is 5.70. The number of ether oxygens (including phenoxy) is 2. The van der Waals surface area contributed by atoms with Gasteiger partial charge in [-0.2, -0.15) is 0 Å². The molecule has 0 radical (unpaired) electrons. The molecule has 5 heteroatoms. The number of nitrogens with zero attached hydrogens (tertiary/aromatic N) is 2. The number of hydrogen-bond acceptors (Lipinski definition) is 5. The van der Waals surface area contributed by atoms with Crippen molar-refractivity contribution in [3.8, 4) is 5.88 Å². The maximum Gasteiger partial charge on any atom is 0.240 e. The summed E-state index contributed by atoms with van der Waals surface area (Å²) >= 11 is 0. The molecule has 0 aromatic carbocycles. The maximum atomic E-state index is 5.61. The standard InChI is InChI=1S/C13H19N3O2/c1-10-11(4-3-5-14-10)12-13(16-7-6-15-12)18-9-8-17-2/h4,6-7,10,14H,3,5,8-9H2,1-2H3. The Hall–Kier alpha value is -1.46. The van der Waals surface area contributed by atoms with Crippen LogP contribution < -0.4 is 10.1 Å². The van der Waals surface area contributed by atoms with Gasteiger partial charge in [0.1, 0.15) is 12.3 Å². The third-order valence-electron chi connectivity index (χ3n) is 2.89. The smallest absolute Gasteiger partial charge is 0.240 e. The number of nitrogens with one attached hydrogen (secondary N) is 1. The van der Waals surface area contributed by atoms with E-state index < -0.39 is 0 Å². The predicted molar refractivity (Wildman–Crippen MR) is 69.5 cm³/mol. The monoisotopic (exact) mass is 249 g/mol. The van der Waals surface area contributed by atoms with Gasteiger partial charge in [0.25, 0.3) is 0 Å². The predicted octanol–water partition coefficient (Wildman–Crippen LogP) is 1.27. The van der Waals surface area contributed by atoms with E-state index >= 15 is 0 Å². The van der Waals surface area contributed by atoms with E-state index in [9.17, 15) is 0 Å². The first-order valence-corrected chi connectivity index (χ1v) is 6.19. The van der Waals surface area contributed by atoms with Crippen LogP contribution in [0.5, 0.6) is 5.88 Å². The van der Waals surface area contributed by atoms with Crippen LogP contribution in [0.4, 0.5) is 0 Å². The molecule has 1 aromatic rings. The molecule has 1 N–H and O–H groups in total. The van der Waals surface area contributed by atoms with Crippen LogP contribution in [0, 0.1) is 0 Å². The van der Waals surface area contributed by atoms with Crippen LogP contribution in [0.1, 0.15) is 19.0 Å². The van der Waals surface area contributed by atoms with Crippen molar-refractivity contribution in [3.63, 3.8) is 0 Å². The van der Waals surface area contributed by atoms with Gasteiger partial charge in [-0.1, -0.05) is 6.08 Å². The summed E-state index contributed by atoms with van der Waals surface area (Å²) in [6.07, 6.45) is 6.55. The van der Waals surface area contributed by atoms with E-state index in [4.69, 9.17) is 9.47 Å². The average Bonchev–Trinajstić information content (AvgIpc) is 2.40.